The van der Waals surface area contributed by atoms with E-state index in [0.717, 1.165) is 94.3 Å². The summed E-state index contributed by atoms with van der Waals surface area (Å²) >= 11 is 0. The summed E-state index contributed by atoms with van der Waals surface area (Å²) in [5, 5.41) is 32.6. The molecule has 4 fully saturated rings. The first-order chi connectivity index (χ1) is 30.3. The van der Waals surface area contributed by atoms with Crippen molar-refractivity contribution < 1.29 is 34.3 Å². The molecule has 0 aromatic carbocycles. The van der Waals surface area contributed by atoms with E-state index in [-0.39, 0.29) is 24.1 Å². The smallest absolute Gasteiger partial charge is 0.305 e. The highest BCUT2D eigenvalue weighted by Gasteiger charge is 2.59. The molecule has 1 saturated heterocycles. The van der Waals surface area contributed by atoms with Gasteiger partial charge in [0.05, 0.1) is 6.10 Å². The molecule has 7 nitrogen and oxygen atoms in total. The van der Waals surface area contributed by atoms with Crippen molar-refractivity contribution >= 4 is 5.97 Å². The Kier molecular flexibility index (Phi) is 21.5. The number of ether oxygens (including phenoxy) is 3. The summed E-state index contributed by atoms with van der Waals surface area (Å²) in [6.45, 7) is 16.7. The predicted molar refractivity (Wildman–Crippen MR) is 258 cm³/mol. The van der Waals surface area contributed by atoms with E-state index < -0.39 is 30.7 Å². The molecule has 5 aliphatic rings. The minimum atomic E-state index is -1.45. The minimum Gasteiger partial charge on any atom is -0.463 e. The van der Waals surface area contributed by atoms with Gasteiger partial charge in [0, 0.05) is 6.42 Å². The lowest BCUT2D eigenvalue weighted by molar-refractivity contribution is -0.313. The first-order valence-electron chi connectivity index (χ1n) is 26.5. The second-order valence-electron chi connectivity index (χ2n) is 21.8. The van der Waals surface area contributed by atoms with Gasteiger partial charge in [-0.15, -0.1) is 0 Å². The topological polar surface area (TPSA) is 105 Å². The average molecular weight is 879 g/mol. The van der Waals surface area contributed by atoms with Crippen LogP contribution in [-0.4, -0.2) is 64.7 Å². The highest BCUT2D eigenvalue weighted by Crippen LogP contribution is 2.67. The Morgan fingerprint density at radius 1 is 0.810 bits per heavy atom. The highest BCUT2D eigenvalue weighted by molar-refractivity contribution is 5.69. The molecule has 13 atom stereocenters. The van der Waals surface area contributed by atoms with Crippen molar-refractivity contribution in [3.8, 4) is 0 Å². The van der Waals surface area contributed by atoms with Gasteiger partial charge in [-0.25, -0.2) is 0 Å². The number of aliphatic hydroxyl groups is 3. The molecule has 3 N–H and O–H groups in total. The van der Waals surface area contributed by atoms with Gasteiger partial charge in [-0.2, -0.15) is 0 Å². The van der Waals surface area contributed by atoms with E-state index in [1.165, 1.54) is 89.0 Å². The number of fused-ring (bicyclic) bond motifs is 5. The summed E-state index contributed by atoms with van der Waals surface area (Å²) in [4.78, 5) is 12.7. The fraction of sp³-hybridized carbons (Fsp3) is 0.839. The lowest BCUT2D eigenvalue weighted by Gasteiger charge is -2.58. The van der Waals surface area contributed by atoms with E-state index in [2.05, 4.69) is 84.9 Å². The predicted octanol–water partition coefficient (Wildman–Crippen LogP) is 13.3. The SMILES string of the molecule is C/C=C(/CC[C@@H](C)[C@H]1CC[C@H]2[C@@H]3CC=C4C[C@@H](O[C@@H]5O[C@H](COC(=O)CCCCCCC/C=C\C/C=C\CCCCCCCC)[C@@H](O)[C@H](O)[C@H]5O)CC[C@]4(C)[C@H]3CC[C@]12C)C(C)C. The van der Waals surface area contributed by atoms with Crippen LogP contribution in [0.1, 0.15) is 209 Å². The third kappa shape index (κ3) is 14.1. The maximum atomic E-state index is 12.7. The fourth-order valence-electron chi connectivity index (χ4n) is 13.3. The molecule has 1 aliphatic heterocycles. The van der Waals surface area contributed by atoms with Crippen molar-refractivity contribution in [1.29, 1.82) is 0 Å². The molecule has 0 unspecified atom stereocenters. The van der Waals surface area contributed by atoms with E-state index >= 15 is 0 Å². The first kappa shape index (κ1) is 52.2. The van der Waals surface area contributed by atoms with Crippen LogP contribution in [0.3, 0.4) is 0 Å². The van der Waals surface area contributed by atoms with Crippen molar-refractivity contribution in [3.63, 3.8) is 0 Å². The number of allylic oxidation sites excluding steroid dienone is 7. The zero-order valence-corrected chi connectivity index (χ0v) is 41.3. The molecule has 0 radical (unpaired) electrons. The van der Waals surface area contributed by atoms with Gasteiger partial charge in [0.2, 0.25) is 0 Å². The second-order valence-corrected chi connectivity index (χ2v) is 21.8. The number of unbranched alkanes of at least 4 members (excludes halogenated alkanes) is 11. The quantitative estimate of drug-likeness (QED) is 0.0451. The summed E-state index contributed by atoms with van der Waals surface area (Å²) in [5.41, 5.74) is 3.69. The number of aliphatic hydroxyl groups excluding tert-OH is 3. The molecule has 4 aliphatic carbocycles. The highest BCUT2D eigenvalue weighted by atomic mass is 16.7. The van der Waals surface area contributed by atoms with Gasteiger partial charge in [-0.05, 0) is 156 Å². The van der Waals surface area contributed by atoms with Crippen molar-refractivity contribution in [2.45, 2.75) is 246 Å². The van der Waals surface area contributed by atoms with E-state index in [1.807, 2.05) is 0 Å². The number of carbonyl (C=O) groups is 1. The summed E-state index contributed by atoms with van der Waals surface area (Å²) in [7, 11) is 0. The molecule has 5 rings (SSSR count). The molecule has 0 spiro atoms. The fourth-order valence-corrected chi connectivity index (χ4v) is 13.3. The largest absolute Gasteiger partial charge is 0.463 e. The van der Waals surface area contributed by atoms with Crippen LogP contribution >= 0.6 is 0 Å². The second kappa shape index (κ2) is 26.0. The summed E-state index contributed by atoms with van der Waals surface area (Å²) in [6, 6.07) is 0. The molecule has 0 aromatic rings. The average Bonchev–Trinajstić information content (AvgIpc) is 3.63. The van der Waals surface area contributed by atoms with Gasteiger partial charge >= 0.3 is 5.97 Å². The van der Waals surface area contributed by atoms with E-state index in [1.54, 1.807) is 5.57 Å². The molecule has 7 heteroatoms. The molecule has 1 heterocycles. The van der Waals surface area contributed by atoms with Crippen molar-refractivity contribution in [2.24, 2.45) is 46.3 Å². The van der Waals surface area contributed by atoms with Crippen LogP contribution in [-0.2, 0) is 19.0 Å². The number of carbonyl (C=O) groups excluding carboxylic acids is 1. The van der Waals surface area contributed by atoms with Gasteiger partial charge in [-0.1, -0.05) is 141 Å². The van der Waals surface area contributed by atoms with Crippen molar-refractivity contribution in [1.82, 2.24) is 0 Å². The maximum Gasteiger partial charge on any atom is 0.305 e. The maximum absolute atomic E-state index is 12.7. The van der Waals surface area contributed by atoms with Crippen LogP contribution in [0.5, 0.6) is 0 Å². The van der Waals surface area contributed by atoms with Crippen LogP contribution in [0.4, 0.5) is 0 Å². The van der Waals surface area contributed by atoms with E-state index in [4.69, 9.17) is 14.2 Å². The minimum absolute atomic E-state index is 0.151. The van der Waals surface area contributed by atoms with Crippen LogP contribution < -0.4 is 0 Å². The van der Waals surface area contributed by atoms with Gasteiger partial charge < -0.3 is 29.5 Å². The van der Waals surface area contributed by atoms with E-state index in [0.29, 0.717) is 23.7 Å². The van der Waals surface area contributed by atoms with E-state index in [9.17, 15) is 20.1 Å². The van der Waals surface area contributed by atoms with Crippen LogP contribution in [0, 0.1) is 46.3 Å². The van der Waals surface area contributed by atoms with Gasteiger partial charge in [0.25, 0.3) is 0 Å². The summed E-state index contributed by atoms with van der Waals surface area (Å²) in [6.07, 6.45) is 36.2. The Morgan fingerprint density at radius 2 is 1.49 bits per heavy atom. The molecular weight excluding hydrogens is 785 g/mol. The molecule has 0 aromatic heterocycles. The Bertz CT molecular complexity index is 1480. The lowest BCUT2D eigenvalue weighted by atomic mass is 9.47. The molecule has 0 bridgehead atoms. The zero-order chi connectivity index (χ0) is 45.4. The van der Waals surface area contributed by atoms with Crippen molar-refractivity contribution in [2.75, 3.05) is 6.61 Å². The Morgan fingerprint density at radius 3 is 2.17 bits per heavy atom. The molecular formula is C56H94O7. The third-order valence-electron chi connectivity index (χ3n) is 17.3. The molecule has 63 heavy (non-hydrogen) atoms. The molecule has 360 valence electrons. The number of rotatable bonds is 26. The third-order valence-corrected chi connectivity index (χ3v) is 17.3. The number of esters is 1. The number of hydrogen-bond donors (Lipinski definition) is 3. The van der Waals surface area contributed by atoms with Crippen LogP contribution in [0.25, 0.3) is 0 Å². The summed E-state index contributed by atoms with van der Waals surface area (Å²) < 4.78 is 18.1. The standard InChI is InChI=1S/C56H94O7/c1-8-10-11-12-13-14-15-16-17-18-19-20-21-22-23-24-25-26-27-50(57)61-39-49-51(58)52(59)53(60)54(63-49)62-44-34-36-55(6)43(38-44)30-31-45-47-33-32-46(56(47,7)37-35-48(45)55)41(5)28-29-42(9-2)40(3)4/h9,16-17,19-20,30,40-41,44-49,51-54,58-60H,8,10-15,18,21-29,31-39H2,1-7H3/b17-16-,20-19-,42-9-/t41-,44+,45+,46-,47+,48+,49-,51-,52+,53-,54-,55+,56-/m1/s1. The Balaban J connectivity index is 0.991. The Hall–Kier alpha value is -1.77. The first-order valence-corrected chi connectivity index (χ1v) is 26.5. The van der Waals surface area contributed by atoms with Gasteiger partial charge in [-0.3, -0.25) is 4.79 Å². The normalized spacial score (nSPS) is 35.2. The van der Waals surface area contributed by atoms with Crippen LogP contribution in [0.15, 0.2) is 47.6 Å². The van der Waals surface area contributed by atoms with Crippen LogP contribution in [0.2, 0.25) is 0 Å². The Labute approximate surface area is 385 Å². The van der Waals surface area contributed by atoms with Gasteiger partial charge in [0.1, 0.15) is 31.0 Å². The monoisotopic (exact) mass is 879 g/mol. The number of hydrogen-bond acceptors (Lipinski definition) is 7. The summed E-state index contributed by atoms with van der Waals surface area (Å²) in [5.74, 6) is 4.11. The van der Waals surface area contributed by atoms with Gasteiger partial charge in [0.15, 0.2) is 6.29 Å². The molecule has 3 saturated carbocycles. The van der Waals surface area contributed by atoms with Crippen molar-refractivity contribution in [3.05, 3.63) is 47.6 Å². The lowest BCUT2D eigenvalue weighted by Crippen LogP contribution is -2.60. The zero-order valence-electron chi connectivity index (χ0n) is 41.3. The molecule has 0 amide bonds.